The van der Waals surface area contributed by atoms with Gasteiger partial charge in [0.15, 0.2) is 11.8 Å². The second-order valence-electron chi connectivity index (χ2n) is 3.77. The molecule has 0 fully saturated rings. The number of phenolic OH excluding ortho intramolecular Hbond substituents is 1. The molecule has 2 aromatic rings. The van der Waals surface area contributed by atoms with Crippen LogP contribution in [0.5, 0.6) is 17.5 Å². The number of carbonyl (C=O) groups is 1. The van der Waals surface area contributed by atoms with E-state index < -0.39 is 0 Å². The molecule has 0 aliphatic rings. The van der Waals surface area contributed by atoms with Crippen LogP contribution >= 0.6 is 0 Å². The number of hydrogen-bond acceptors (Lipinski definition) is 4. The Kier molecular flexibility index (Phi) is 2.85. The molecule has 1 aromatic carbocycles. The number of aromatic hydroxyl groups is 3. The molecule has 0 aliphatic carbocycles. The summed E-state index contributed by atoms with van der Waals surface area (Å²) in [5, 5.41) is 31.2. The van der Waals surface area contributed by atoms with Crippen LogP contribution in [0.25, 0.3) is 5.69 Å². The summed E-state index contributed by atoms with van der Waals surface area (Å²) in [6, 6.07) is 6.97. The molecule has 1 heterocycles. The Labute approximate surface area is 103 Å². The second kappa shape index (κ2) is 4.33. The smallest absolute Gasteiger partial charge is 0.221 e. The first-order valence-corrected chi connectivity index (χ1v) is 5.19. The third-order valence-corrected chi connectivity index (χ3v) is 2.39. The van der Waals surface area contributed by atoms with E-state index in [1.165, 1.54) is 41.8 Å². The van der Waals surface area contributed by atoms with Crippen molar-refractivity contribution in [2.75, 3.05) is 5.32 Å². The van der Waals surface area contributed by atoms with Gasteiger partial charge in [0.1, 0.15) is 5.75 Å². The van der Waals surface area contributed by atoms with Crippen LogP contribution in [0.4, 0.5) is 5.69 Å². The van der Waals surface area contributed by atoms with E-state index in [0.29, 0.717) is 5.69 Å². The average Bonchev–Trinajstić information content (AvgIpc) is 2.62. The molecule has 4 N–H and O–H groups in total. The predicted octanol–water partition coefficient (Wildman–Crippen LogP) is 1.55. The van der Waals surface area contributed by atoms with E-state index in [0.717, 1.165) is 0 Å². The average molecular weight is 248 g/mol. The van der Waals surface area contributed by atoms with Crippen molar-refractivity contribution >= 4 is 11.6 Å². The molecule has 0 spiro atoms. The molecule has 0 saturated carbocycles. The van der Waals surface area contributed by atoms with E-state index in [9.17, 15) is 20.1 Å². The highest BCUT2D eigenvalue weighted by atomic mass is 16.3. The summed E-state index contributed by atoms with van der Waals surface area (Å²) in [6.45, 7) is 1.32. The molecule has 0 bridgehead atoms. The van der Waals surface area contributed by atoms with Gasteiger partial charge >= 0.3 is 0 Å². The zero-order valence-corrected chi connectivity index (χ0v) is 9.58. The second-order valence-corrected chi connectivity index (χ2v) is 3.77. The quantitative estimate of drug-likeness (QED) is 0.606. The number of phenols is 1. The van der Waals surface area contributed by atoms with E-state index in [2.05, 4.69) is 5.32 Å². The molecule has 0 saturated heterocycles. The van der Waals surface area contributed by atoms with Gasteiger partial charge in [-0.25, -0.2) is 0 Å². The normalized spacial score (nSPS) is 10.3. The van der Waals surface area contributed by atoms with E-state index >= 15 is 0 Å². The summed E-state index contributed by atoms with van der Waals surface area (Å²) >= 11 is 0. The zero-order chi connectivity index (χ0) is 13.3. The molecular formula is C12H12N2O4. The van der Waals surface area contributed by atoms with Gasteiger partial charge in [0.05, 0.1) is 11.4 Å². The number of aromatic nitrogens is 1. The summed E-state index contributed by atoms with van der Waals surface area (Å²) in [6.07, 6.45) is 0. The van der Waals surface area contributed by atoms with Crippen molar-refractivity contribution < 1.29 is 20.1 Å². The fourth-order valence-electron chi connectivity index (χ4n) is 1.63. The summed E-state index contributed by atoms with van der Waals surface area (Å²) in [4.78, 5) is 11.0. The highest BCUT2D eigenvalue weighted by Gasteiger charge is 2.11. The topological polar surface area (TPSA) is 94.7 Å². The van der Waals surface area contributed by atoms with Gasteiger partial charge in [0, 0.05) is 19.1 Å². The maximum absolute atomic E-state index is 11.0. The molecule has 6 heteroatoms. The molecule has 0 aliphatic heterocycles. The van der Waals surface area contributed by atoms with Gasteiger partial charge < -0.3 is 20.6 Å². The van der Waals surface area contributed by atoms with Crippen molar-refractivity contribution in [3.8, 4) is 23.2 Å². The lowest BCUT2D eigenvalue weighted by atomic mass is 10.2. The highest BCUT2D eigenvalue weighted by molar-refractivity contribution is 5.90. The van der Waals surface area contributed by atoms with Gasteiger partial charge in [-0.1, -0.05) is 0 Å². The lowest BCUT2D eigenvalue weighted by Crippen LogP contribution is -2.06. The third kappa shape index (κ3) is 2.08. The Morgan fingerprint density at radius 1 is 1.11 bits per heavy atom. The first-order chi connectivity index (χ1) is 8.49. The van der Waals surface area contributed by atoms with E-state index in [1.807, 2.05) is 0 Å². The van der Waals surface area contributed by atoms with Crippen LogP contribution in [0, 0.1) is 0 Å². The van der Waals surface area contributed by atoms with E-state index in [1.54, 1.807) is 0 Å². The van der Waals surface area contributed by atoms with Gasteiger partial charge in [-0.2, -0.15) is 0 Å². The lowest BCUT2D eigenvalue weighted by molar-refractivity contribution is -0.114. The highest BCUT2D eigenvalue weighted by Crippen LogP contribution is 2.31. The first kappa shape index (κ1) is 11.8. The molecule has 2 rings (SSSR count). The molecule has 1 aromatic heterocycles. The fraction of sp³-hybridized carbons (Fsp3) is 0.0833. The third-order valence-electron chi connectivity index (χ3n) is 2.39. The van der Waals surface area contributed by atoms with Crippen LogP contribution in [0.15, 0.2) is 30.3 Å². The minimum absolute atomic E-state index is 0.0971. The predicted molar refractivity (Wildman–Crippen MR) is 65.1 cm³/mol. The first-order valence-electron chi connectivity index (χ1n) is 5.19. The van der Waals surface area contributed by atoms with Crippen LogP contribution in [0.2, 0.25) is 0 Å². The Balaban J connectivity index is 2.50. The summed E-state index contributed by atoms with van der Waals surface area (Å²) < 4.78 is 1.17. The van der Waals surface area contributed by atoms with Gasteiger partial charge in [0.2, 0.25) is 5.91 Å². The molecule has 94 valence electrons. The van der Waals surface area contributed by atoms with Gasteiger partial charge in [-0.15, -0.1) is 0 Å². The lowest BCUT2D eigenvalue weighted by Gasteiger charge is -2.10. The molecule has 0 atom stereocenters. The maximum atomic E-state index is 11.0. The fourth-order valence-corrected chi connectivity index (χ4v) is 1.63. The van der Waals surface area contributed by atoms with Crippen molar-refractivity contribution in [3.05, 3.63) is 30.3 Å². The van der Waals surface area contributed by atoms with Crippen molar-refractivity contribution in [1.82, 2.24) is 4.57 Å². The molecule has 6 nitrogen and oxygen atoms in total. The molecule has 18 heavy (non-hydrogen) atoms. The monoisotopic (exact) mass is 248 g/mol. The van der Waals surface area contributed by atoms with Crippen LogP contribution in [-0.4, -0.2) is 25.8 Å². The van der Waals surface area contributed by atoms with Crippen LogP contribution in [0.1, 0.15) is 6.92 Å². The van der Waals surface area contributed by atoms with Gasteiger partial charge in [-0.3, -0.25) is 9.36 Å². The van der Waals surface area contributed by atoms with Crippen LogP contribution in [0.3, 0.4) is 0 Å². The Hall–Kier alpha value is -2.63. The van der Waals surface area contributed by atoms with Gasteiger partial charge in [0.25, 0.3) is 0 Å². The number of carbonyl (C=O) groups excluding carboxylic acids is 1. The standard InChI is InChI=1S/C12H12N2O4/c1-7(15)13-9-6-8(2-3-10(9)16)14-11(17)4-5-12(14)18/h2-6,16-18H,1H3,(H,13,15). The Morgan fingerprint density at radius 3 is 2.28 bits per heavy atom. The summed E-state index contributed by atoms with van der Waals surface area (Å²) in [7, 11) is 0. The molecule has 0 unspecified atom stereocenters. The Bertz CT molecular complexity index is 585. The largest absolute Gasteiger partial charge is 0.506 e. The van der Waals surface area contributed by atoms with Gasteiger partial charge in [-0.05, 0) is 18.2 Å². The van der Waals surface area contributed by atoms with Crippen LogP contribution < -0.4 is 5.32 Å². The summed E-state index contributed by atoms with van der Waals surface area (Å²) in [5.41, 5.74) is 0.615. The molecule has 1 amide bonds. The van der Waals surface area contributed by atoms with Crippen molar-refractivity contribution in [2.45, 2.75) is 6.92 Å². The number of amides is 1. The molecule has 0 radical (unpaired) electrons. The number of nitrogens with zero attached hydrogens (tertiary/aromatic N) is 1. The number of rotatable bonds is 2. The zero-order valence-electron chi connectivity index (χ0n) is 9.58. The SMILES string of the molecule is CC(=O)Nc1cc(-n2c(O)ccc2O)ccc1O. The van der Waals surface area contributed by atoms with E-state index in [-0.39, 0.29) is 29.1 Å². The Morgan fingerprint density at radius 2 is 1.72 bits per heavy atom. The maximum Gasteiger partial charge on any atom is 0.221 e. The van der Waals surface area contributed by atoms with Crippen molar-refractivity contribution in [3.63, 3.8) is 0 Å². The number of benzene rings is 1. The minimum atomic E-state index is -0.330. The summed E-state index contributed by atoms with van der Waals surface area (Å²) in [5.74, 6) is -0.720. The molecular weight excluding hydrogens is 236 g/mol. The number of hydrogen-bond donors (Lipinski definition) is 4. The number of nitrogens with one attached hydrogen (secondary N) is 1. The van der Waals surface area contributed by atoms with Crippen LogP contribution in [-0.2, 0) is 4.79 Å². The van der Waals surface area contributed by atoms with Crippen molar-refractivity contribution in [1.29, 1.82) is 0 Å². The number of anilines is 1. The minimum Gasteiger partial charge on any atom is -0.506 e. The van der Waals surface area contributed by atoms with E-state index in [4.69, 9.17) is 0 Å². The van der Waals surface area contributed by atoms with Crippen molar-refractivity contribution in [2.24, 2.45) is 0 Å².